The predicted molar refractivity (Wildman–Crippen MR) is 158 cm³/mol. The molecule has 0 radical (unpaired) electrons. The molecule has 1 aliphatic carbocycles. The zero-order valence-electron chi connectivity index (χ0n) is 23.8. The van der Waals surface area contributed by atoms with Gasteiger partial charge in [-0.05, 0) is 67.6 Å². The molecular formula is C31H30F2N6O5. The van der Waals surface area contributed by atoms with Crippen LogP contribution >= 0.6 is 0 Å². The molecule has 0 bridgehead atoms. The summed E-state index contributed by atoms with van der Waals surface area (Å²) in [4.78, 5) is 58.8. The lowest BCUT2D eigenvalue weighted by molar-refractivity contribution is -0.119. The zero-order valence-corrected chi connectivity index (χ0v) is 23.8. The van der Waals surface area contributed by atoms with Crippen molar-refractivity contribution in [2.75, 3.05) is 42.2 Å². The molecule has 228 valence electrons. The van der Waals surface area contributed by atoms with Crippen molar-refractivity contribution in [2.24, 2.45) is 5.92 Å². The van der Waals surface area contributed by atoms with Crippen LogP contribution in [0.15, 0.2) is 72.6 Å². The Morgan fingerprint density at radius 3 is 2.43 bits per heavy atom. The fourth-order valence-corrected chi connectivity index (χ4v) is 4.30. The molecule has 1 saturated carbocycles. The number of aromatic nitrogens is 1. The minimum atomic E-state index is -0.878. The smallest absolute Gasteiger partial charge is 0.323 e. The molecule has 2 aromatic carbocycles. The highest BCUT2D eigenvalue weighted by Crippen LogP contribution is 2.30. The predicted octanol–water partition coefficient (Wildman–Crippen LogP) is 4.74. The van der Waals surface area contributed by atoms with Gasteiger partial charge in [0.05, 0.1) is 0 Å². The van der Waals surface area contributed by atoms with Crippen molar-refractivity contribution < 1.29 is 32.7 Å². The van der Waals surface area contributed by atoms with Crippen LogP contribution in [0.1, 0.15) is 19.3 Å². The third-order valence-electron chi connectivity index (χ3n) is 7.12. The second-order valence-corrected chi connectivity index (χ2v) is 10.5. The number of anilines is 3. The second-order valence-electron chi connectivity index (χ2n) is 10.5. The number of likely N-dealkylation sites (tertiary alicyclic amines) is 1. The Morgan fingerprint density at radius 2 is 1.80 bits per heavy atom. The number of benzene rings is 2. The molecular weight excluding hydrogens is 574 g/mol. The van der Waals surface area contributed by atoms with Crippen molar-refractivity contribution in [1.82, 2.24) is 14.8 Å². The number of urea groups is 1. The highest BCUT2D eigenvalue weighted by Gasteiger charge is 2.28. The lowest BCUT2D eigenvalue weighted by atomic mass is 10.2. The number of rotatable bonds is 11. The summed E-state index contributed by atoms with van der Waals surface area (Å²) in [6.45, 7) is 1.68. The fourth-order valence-electron chi connectivity index (χ4n) is 4.30. The maximum Gasteiger partial charge on any atom is 0.323 e. The van der Waals surface area contributed by atoms with Crippen LogP contribution < -0.4 is 20.3 Å². The number of amides is 5. The SMILES string of the molecule is CN(C(=O)/C(=C\N(C=O)CC1CC1)C(=O)Nc1ccc(Oc2ccnc(NC(=O)N3CCC3)c2)c(F)c1)c1ccc(F)cc1. The van der Waals surface area contributed by atoms with Crippen LogP contribution in [0.5, 0.6) is 11.5 Å². The van der Waals surface area contributed by atoms with Crippen molar-refractivity contribution in [2.45, 2.75) is 19.3 Å². The number of hydrogen-bond acceptors (Lipinski definition) is 6. The van der Waals surface area contributed by atoms with Crippen molar-refractivity contribution in [3.05, 3.63) is 84.2 Å². The van der Waals surface area contributed by atoms with E-state index in [0.29, 0.717) is 31.7 Å². The Kier molecular flexibility index (Phi) is 9.12. The van der Waals surface area contributed by atoms with Crippen molar-refractivity contribution >= 4 is 41.4 Å². The van der Waals surface area contributed by atoms with E-state index in [2.05, 4.69) is 15.6 Å². The molecule has 5 rings (SSSR count). The fraction of sp³-hybridized carbons (Fsp3) is 0.258. The second kappa shape index (κ2) is 13.3. The maximum atomic E-state index is 15.1. The Hall–Kier alpha value is -5.33. The highest BCUT2D eigenvalue weighted by molar-refractivity contribution is 6.26. The normalized spacial score (nSPS) is 14.2. The van der Waals surface area contributed by atoms with Gasteiger partial charge in [0, 0.05) is 62.6 Å². The molecule has 2 aliphatic rings. The van der Waals surface area contributed by atoms with Gasteiger partial charge in [0.25, 0.3) is 11.8 Å². The summed E-state index contributed by atoms with van der Waals surface area (Å²) in [6.07, 6.45) is 5.92. The van der Waals surface area contributed by atoms with Crippen LogP contribution in [0.3, 0.4) is 0 Å². The summed E-state index contributed by atoms with van der Waals surface area (Å²) in [5.74, 6) is -2.36. The van der Waals surface area contributed by atoms with Gasteiger partial charge in [-0.25, -0.2) is 18.6 Å². The van der Waals surface area contributed by atoms with E-state index in [9.17, 15) is 23.6 Å². The van der Waals surface area contributed by atoms with Crippen molar-refractivity contribution in [3.63, 3.8) is 0 Å². The number of hydrogen-bond donors (Lipinski definition) is 2. The number of carbonyl (C=O) groups excluding carboxylic acids is 4. The summed E-state index contributed by atoms with van der Waals surface area (Å²) in [5.41, 5.74) is -0.0307. The van der Waals surface area contributed by atoms with E-state index in [1.165, 1.54) is 72.9 Å². The molecule has 0 atom stereocenters. The van der Waals surface area contributed by atoms with Gasteiger partial charge in [-0.15, -0.1) is 0 Å². The first-order valence-corrected chi connectivity index (χ1v) is 14.0. The van der Waals surface area contributed by atoms with Crippen molar-refractivity contribution in [3.8, 4) is 11.5 Å². The molecule has 1 aliphatic heterocycles. The minimum Gasteiger partial charge on any atom is -0.454 e. The topological polar surface area (TPSA) is 124 Å². The lowest BCUT2D eigenvalue weighted by Gasteiger charge is -2.30. The number of nitrogens with one attached hydrogen (secondary N) is 2. The summed E-state index contributed by atoms with van der Waals surface area (Å²) in [6, 6.07) is 11.5. The third kappa shape index (κ3) is 7.54. The van der Waals surface area contributed by atoms with E-state index < -0.39 is 23.4 Å². The molecule has 11 nitrogen and oxygen atoms in total. The zero-order chi connectivity index (χ0) is 31.2. The average molecular weight is 605 g/mol. The largest absolute Gasteiger partial charge is 0.454 e. The summed E-state index contributed by atoms with van der Waals surface area (Å²) in [5, 5.41) is 5.17. The van der Waals surface area contributed by atoms with Gasteiger partial charge < -0.3 is 24.8 Å². The number of carbonyl (C=O) groups is 4. The third-order valence-corrected chi connectivity index (χ3v) is 7.12. The van der Waals surface area contributed by atoms with E-state index in [1.807, 2.05) is 0 Å². The van der Waals surface area contributed by atoms with Crippen LogP contribution in [-0.2, 0) is 14.4 Å². The highest BCUT2D eigenvalue weighted by atomic mass is 19.1. The van der Waals surface area contributed by atoms with E-state index in [-0.39, 0.29) is 40.5 Å². The van der Waals surface area contributed by atoms with Gasteiger partial charge in [-0.3, -0.25) is 19.7 Å². The van der Waals surface area contributed by atoms with Crippen molar-refractivity contribution in [1.29, 1.82) is 0 Å². The Bertz CT molecular complexity index is 1590. The molecule has 13 heteroatoms. The first kappa shape index (κ1) is 30.1. The van der Waals surface area contributed by atoms with Crippen LogP contribution in [0.2, 0.25) is 0 Å². The van der Waals surface area contributed by atoms with Gasteiger partial charge in [-0.2, -0.15) is 0 Å². The molecule has 0 unspecified atom stereocenters. The number of halogens is 2. The molecule has 0 spiro atoms. The van der Waals surface area contributed by atoms with Gasteiger partial charge >= 0.3 is 6.03 Å². The lowest BCUT2D eigenvalue weighted by Crippen LogP contribution is -2.44. The monoisotopic (exact) mass is 604 g/mol. The Morgan fingerprint density at radius 1 is 1.05 bits per heavy atom. The summed E-state index contributed by atoms with van der Waals surface area (Å²) in [7, 11) is 1.41. The Balaban J connectivity index is 1.30. The van der Waals surface area contributed by atoms with Crippen LogP contribution in [0.4, 0.5) is 30.8 Å². The van der Waals surface area contributed by atoms with Gasteiger partial charge in [0.2, 0.25) is 6.41 Å². The van der Waals surface area contributed by atoms with Gasteiger partial charge in [0.15, 0.2) is 11.6 Å². The number of likely N-dealkylation sites (N-methyl/N-ethyl adjacent to an activating group) is 1. The Labute approximate surface area is 252 Å². The van der Waals surface area contributed by atoms with Gasteiger partial charge in [-0.1, -0.05) is 0 Å². The van der Waals surface area contributed by atoms with E-state index in [0.717, 1.165) is 30.2 Å². The average Bonchev–Trinajstić information content (AvgIpc) is 3.79. The number of pyridine rings is 1. The number of ether oxygens (including phenoxy) is 1. The summed E-state index contributed by atoms with van der Waals surface area (Å²) >= 11 is 0. The van der Waals surface area contributed by atoms with Crippen LogP contribution in [0.25, 0.3) is 0 Å². The molecule has 2 fully saturated rings. The van der Waals surface area contributed by atoms with E-state index in [4.69, 9.17) is 4.74 Å². The molecule has 1 aromatic heterocycles. The molecule has 5 amide bonds. The van der Waals surface area contributed by atoms with Gasteiger partial charge in [0.1, 0.15) is 23.0 Å². The molecule has 2 heterocycles. The van der Waals surface area contributed by atoms with Crippen LogP contribution in [-0.4, -0.2) is 65.7 Å². The first-order valence-electron chi connectivity index (χ1n) is 14.0. The van der Waals surface area contributed by atoms with Crippen LogP contribution in [0, 0.1) is 17.6 Å². The first-order chi connectivity index (χ1) is 21.2. The molecule has 3 aromatic rings. The standard InChI is InChI=1S/C31H30F2N6O5/c1-37(23-8-5-21(32)6-9-23)30(42)25(18-38(19-40)17-20-3-4-20)29(41)35-22-7-10-27(26(33)15-22)44-24-11-12-34-28(16-24)36-31(43)39-13-2-14-39/h5-12,15-16,18-20H,2-4,13-14,17H2,1H3,(H,35,41)(H,34,36,43)/b25-18-. The van der Waals surface area contributed by atoms with E-state index in [1.54, 1.807) is 4.90 Å². The molecule has 44 heavy (non-hydrogen) atoms. The molecule has 1 saturated heterocycles. The van der Waals surface area contributed by atoms with E-state index >= 15 is 4.39 Å². The minimum absolute atomic E-state index is 0.0278. The maximum absolute atomic E-state index is 15.1. The molecule has 2 N–H and O–H groups in total. The number of nitrogens with zero attached hydrogens (tertiary/aromatic N) is 4. The summed E-state index contributed by atoms with van der Waals surface area (Å²) < 4.78 is 34.1. The quantitative estimate of drug-likeness (QED) is 0.141.